The quantitative estimate of drug-likeness (QED) is 0.388. The molecule has 21 heavy (non-hydrogen) atoms. The van der Waals surface area contributed by atoms with Crippen molar-refractivity contribution in [3.8, 4) is 0 Å². The van der Waals surface area contributed by atoms with Crippen LogP contribution in [0.25, 0.3) is 0 Å². The van der Waals surface area contributed by atoms with E-state index >= 15 is 0 Å². The van der Waals surface area contributed by atoms with Crippen LogP contribution in [0.2, 0.25) is 0 Å². The van der Waals surface area contributed by atoms with Crippen LogP contribution in [0.1, 0.15) is 31.9 Å². The molecule has 0 unspecified atom stereocenters. The maximum Gasteiger partial charge on any atom is 0.332 e. The molecular formula is C13H23N5O3. The third-order valence-corrected chi connectivity index (χ3v) is 2.86. The minimum Gasteiger partial charge on any atom is -0.381 e. The summed E-state index contributed by atoms with van der Waals surface area (Å²) >= 11 is 0. The van der Waals surface area contributed by atoms with Gasteiger partial charge in [-0.05, 0) is 19.8 Å². The molecule has 8 nitrogen and oxygen atoms in total. The minimum absolute atomic E-state index is 0.0825. The van der Waals surface area contributed by atoms with Crippen molar-refractivity contribution >= 4 is 17.5 Å². The van der Waals surface area contributed by atoms with Crippen LogP contribution in [0, 0.1) is 17.0 Å². The summed E-state index contributed by atoms with van der Waals surface area (Å²) in [5.74, 6) is 0.602. The second kappa shape index (κ2) is 9.06. The van der Waals surface area contributed by atoms with E-state index < -0.39 is 4.92 Å². The molecule has 0 radical (unpaired) electrons. The Labute approximate surface area is 124 Å². The molecule has 2 N–H and O–H groups in total. The second-order valence-electron chi connectivity index (χ2n) is 4.58. The molecule has 0 fully saturated rings. The largest absolute Gasteiger partial charge is 0.381 e. The number of hydrogen-bond donors (Lipinski definition) is 2. The maximum absolute atomic E-state index is 11.1. The van der Waals surface area contributed by atoms with Gasteiger partial charge in [-0.25, -0.2) is 4.98 Å². The van der Waals surface area contributed by atoms with E-state index in [1.54, 1.807) is 14.0 Å². The van der Waals surface area contributed by atoms with E-state index in [0.717, 1.165) is 25.9 Å². The normalized spacial score (nSPS) is 10.4. The van der Waals surface area contributed by atoms with Crippen LogP contribution < -0.4 is 10.6 Å². The Morgan fingerprint density at radius 3 is 2.62 bits per heavy atom. The van der Waals surface area contributed by atoms with Crippen LogP contribution >= 0.6 is 0 Å². The van der Waals surface area contributed by atoms with E-state index in [9.17, 15) is 10.1 Å². The number of rotatable bonds is 10. The van der Waals surface area contributed by atoms with Gasteiger partial charge in [-0.3, -0.25) is 10.1 Å². The van der Waals surface area contributed by atoms with E-state index in [-0.39, 0.29) is 11.5 Å². The van der Waals surface area contributed by atoms with Gasteiger partial charge in [-0.15, -0.1) is 0 Å². The van der Waals surface area contributed by atoms with E-state index in [2.05, 4.69) is 27.5 Å². The number of anilines is 2. The zero-order valence-electron chi connectivity index (χ0n) is 12.8. The molecule has 1 heterocycles. The van der Waals surface area contributed by atoms with E-state index in [0.29, 0.717) is 24.8 Å². The van der Waals surface area contributed by atoms with Crippen LogP contribution in [0.15, 0.2) is 0 Å². The highest BCUT2D eigenvalue weighted by molar-refractivity contribution is 5.60. The van der Waals surface area contributed by atoms with Crippen LogP contribution in [0.4, 0.5) is 17.5 Å². The predicted octanol–water partition coefficient (Wildman–Crippen LogP) is 2.35. The van der Waals surface area contributed by atoms with Crippen molar-refractivity contribution in [2.24, 2.45) is 0 Å². The maximum atomic E-state index is 11.1. The number of aryl methyl sites for hydroxylation is 1. The molecule has 1 rings (SSSR count). The first-order valence-electron chi connectivity index (χ1n) is 7.12. The smallest absolute Gasteiger partial charge is 0.332 e. The van der Waals surface area contributed by atoms with Crippen LogP contribution in [-0.4, -0.2) is 41.7 Å². The zero-order valence-corrected chi connectivity index (χ0v) is 12.8. The first-order valence-corrected chi connectivity index (χ1v) is 7.12. The van der Waals surface area contributed by atoms with Gasteiger partial charge in [0.25, 0.3) is 0 Å². The minimum atomic E-state index is -0.463. The number of nitro groups is 1. The highest BCUT2D eigenvalue weighted by atomic mass is 16.6. The van der Waals surface area contributed by atoms with Crippen LogP contribution in [0.3, 0.4) is 0 Å². The zero-order chi connectivity index (χ0) is 15.7. The summed E-state index contributed by atoms with van der Waals surface area (Å²) in [7, 11) is 1.67. The molecule has 0 saturated heterocycles. The fraction of sp³-hybridized carbons (Fsp3) is 0.692. The Bertz CT molecular complexity index is 467. The predicted molar refractivity (Wildman–Crippen MR) is 81.8 cm³/mol. The summed E-state index contributed by atoms with van der Waals surface area (Å²) in [6.45, 7) is 5.66. The van der Waals surface area contributed by atoms with Gasteiger partial charge < -0.3 is 15.4 Å². The monoisotopic (exact) mass is 297 g/mol. The lowest BCUT2D eigenvalue weighted by Gasteiger charge is -2.09. The van der Waals surface area contributed by atoms with Gasteiger partial charge in [-0.2, -0.15) is 4.98 Å². The average Bonchev–Trinajstić information content (AvgIpc) is 2.45. The Morgan fingerprint density at radius 2 is 2.00 bits per heavy atom. The number of nitrogens with one attached hydrogen (secondary N) is 2. The van der Waals surface area contributed by atoms with E-state index in [4.69, 9.17) is 4.74 Å². The summed E-state index contributed by atoms with van der Waals surface area (Å²) < 4.78 is 5.44. The lowest BCUT2D eigenvalue weighted by Crippen LogP contribution is -2.12. The number of hydrogen-bond acceptors (Lipinski definition) is 7. The number of aromatic nitrogens is 2. The van der Waals surface area contributed by atoms with Crippen molar-refractivity contribution in [3.63, 3.8) is 0 Å². The summed E-state index contributed by atoms with van der Waals surface area (Å²) in [6.07, 6.45) is 2.92. The second-order valence-corrected chi connectivity index (χ2v) is 4.58. The first kappa shape index (κ1) is 17.1. The van der Waals surface area contributed by atoms with Gasteiger partial charge in [0.15, 0.2) is 0 Å². The molecule has 0 bridgehead atoms. The molecule has 118 valence electrons. The van der Waals surface area contributed by atoms with Gasteiger partial charge in [0.2, 0.25) is 11.8 Å². The molecule has 0 amide bonds. The third kappa shape index (κ3) is 5.50. The molecule has 0 aliphatic heterocycles. The third-order valence-electron chi connectivity index (χ3n) is 2.86. The standard InChI is InChI=1S/C13H23N5O3/c1-4-5-8-21-9-6-7-15-12-11(18(19)20)10(2)16-13(14-3)17-12/h4-9H2,1-3H3,(H2,14,15,16,17). The molecule has 0 aliphatic carbocycles. The molecule has 0 saturated carbocycles. The molecule has 0 aliphatic rings. The Morgan fingerprint density at radius 1 is 1.29 bits per heavy atom. The van der Waals surface area contributed by atoms with Crippen molar-refractivity contribution in [3.05, 3.63) is 15.8 Å². The van der Waals surface area contributed by atoms with E-state index in [1.165, 1.54) is 0 Å². The summed E-state index contributed by atoms with van der Waals surface area (Å²) in [6, 6.07) is 0. The number of ether oxygens (including phenoxy) is 1. The molecule has 0 aromatic carbocycles. The van der Waals surface area contributed by atoms with Gasteiger partial charge >= 0.3 is 5.69 Å². The topological polar surface area (TPSA) is 102 Å². The van der Waals surface area contributed by atoms with Crippen molar-refractivity contribution in [1.82, 2.24) is 9.97 Å². The van der Waals surface area contributed by atoms with Gasteiger partial charge in [0, 0.05) is 26.8 Å². The van der Waals surface area contributed by atoms with Crippen molar-refractivity contribution in [2.45, 2.75) is 33.1 Å². The molecule has 0 atom stereocenters. The van der Waals surface area contributed by atoms with Crippen molar-refractivity contribution in [1.29, 1.82) is 0 Å². The van der Waals surface area contributed by atoms with Gasteiger partial charge in [0.05, 0.1) is 4.92 Å². The molecule has 0 spiro atoms. The molecular weight excluding hydrogens is 274 g/mol. The summed E-state index contributed by atoms with van der Waals surface area (Å²) in [5, 5.41) is 16.9. The fourth-order valence-corrected chi connectivity index (χ4v) is 1.75. The SMILES string of the molecule is CCCCOCCCNc1nc(NC)nc(C)c1[N+](=O)[O-]. The highest BCUT2D eigenvalue weighted by Gasteiger charge is 2.21. The molecule has 1 aromatic heterocycles. The van der Waals surface area contributed by atoms with Crippen molar-refractivity contribution in [2.75, 3.05) is 37.4 Å². The highest BCUT2D eigenvalue weighted by Crippen LogP contribution is 2.26. The Hall–Kier alpha value is -1.96. The van der Waals surface area contributed by atoms with Crippen molar-refractivity contribution < 1.29 is 9.66 Å². The fourth-order valence-electron chi connectivity index (χ4n) is 1.75. The Kier molecular flexibility index (Phi) is 7.38. The van der Waals surface area contributed by atoms with E-state index in [1.807, 2.05) is 0 Å². The number of unbranched alkanes of at least 4 members (excludes halogenated alkanes) is 1. The molecule has 8 heteroatoms. The summed E-state index contributed by atoms with van der Waals surface area (Å²) in [5.41, 5.74) is 0.252. The van der Waals surface area contributed by atoms with Crippen LogP contribution in [-0.2, 0) is 4.74 Å². The average molecular weight is 297 g/mol. The lowest BCUT2D eigenvalue weighted by atomic mass is 10.3. The lowest BCUT2D eigenvalue weighted by molar-refractivity contribution is -0.385. The summed E-state index contributed by atoms with van der Waals surface area (Å²) in [4.78, 5) is 18.8. The van der Waals surface area contributed by atoms with Gasteiger partial charge in [-0.1, -0.05) is 13.3 Å². The number of nitrogens with zero attached hydrogens (tertiary/aromatic N) is 3. The van der Waals surface area contributed by atoms with Crippen LogP contribution in [0.5, 0.6) is 0 Å². The van der Waals surface area contributed by atoms with Gasteiger partial charge in [0.1, 0.15) is 5.69 Å². The first-order chi connectivity index (χ1) is 10.1. The molecule has 1 aromatic rings. The Balaban J connectivity index is 2.56.